The van der Waals surface area contributed by atoms with Crippen LogP contribution in [0, 0.1) is 0 Å². The van der Waals surface area contributed by atoms with E-state index in [1.54, 1.807) is 0 Å². The molecule has 7 nitrogen and oxygen atoms in total. The number of aromatic nitrogens is 2. The third kappa shape index (κ3) is 3.99. The minimum absolute atomic E-state index is 0. The number of carbonyl (C=O) groups is 2. The first-order valence-corrected chi connectivity index (χ1v) is 8.96. The van der Waals surface area contributed by atoms with E-state index in [4.69, 9.17) is 0 Å². The Morgan fingerprint density at radius 2 is 1.88 bits per heavy atom. The molecule has 0 aliphatic carbocycles. The zero-order valence-electron chi connectivity index (χ0n) is 14.5. The Kier molecular flexibility index (Phi) is 5.78. The molecule has 0 saturated carbocycles. The van der Waals surface area contributed by atoms with Crippen LogP contribution in [-0.2, 0) is 4.79 Å². The third-order valence-corrected chi connectivity index (χ3v) is 5.16. The highest BCUT2D eigenvalue weighted by Gasteiger charge is 2.33. The number of benzene rings is 1. The fourth-order valence-electron chi connectivity index (χ4n) is 3.98. The molecule has 2 fully saturated rings. The van der Waals surface area contributed by atoms with Crippen molar-refractivity contribution in [3.8, 4) is 0 Å². The number of aromatic amines is 1. The number of H-pyrrole nitrogens is 1. The molecule has 2 aromatic rings. The first-order valence-electron chi connectivity index (χ1n) is 8.96. The van der Waals surface area contributed by atoms with Gasteiger partial charge in [-0.25, -0.2) is 0 Å². The lowest BCUT2D eigenvalue weighted by Crippen LogP contribution is -2.48. The fraction of sp³-hybridized carbons (Fsp3) is 0.500. The summed E-state index contributed by atoms with van der Waals surface area (Å²) in [4.78, 5) is 24.4. The molecule has 2 bridgehead atoms. The molecule has 4 N–H and O–H groups in total. The van der Waals surface area contributed by atoms with Crippen LogP contribution in [0.15, 0.2) is 24.3 Å². The largest absolute Gasteiger partial charge is 0.353 e. The molecule has 2 aliphatic rings. The molecule has 2 saturated heterocycles. The quantitative estimate of drug-likeness (QED) is 0.634. The van der Waals surface area contributed by atoms with Crippen molar-refractivity contribution in [3.05, 3.63) is 30.0 Å². The van der Waals surface area contributed by atoms with Crippen molar-refractivity contribution in [2.75, 3.05) is 6.54 Å². The zero-order chi connectivity index (χ0) is 17.2. The molecule has 1 aromatic heterocycles. The van der Waals surface area contributed by atoms with Crippen molar-refractivity contribution in [2.24, 2.45) is 0 Å². The van der Waals surface area contributed by atoms with Gasteiger partial charge in [0.05, 0.1) is 5.52 Å². The van der Waals surface area contributed by atoms with Gasteiger partial charge in [0.25, 0.3) is 5.91 Å². The molecule has 4 rings (SSSR count). The van der Waals surface area contributed by atoms with E-state index in [0.29, 0.717) is 24.3 Å². The van der Waals surface area contributed by atoms with Crippen LogP contribution in [0.25, 0.3) is 10.9 Å². The van der Waals surface area contributed by atoms with E-state index in [0.717, 1.165) is 23.7 Å². The van der Waals surface area contributed by atoms with Crippen LogP contribution >= 0.6 is 12.4 Å². The standard InChI is InChI=1S/C18H23N5O2.ClH/c24-16(21-13-9-11-5-6-12(10-13)20-11)7-8-19-18(25)17-14-3-1-2-4-15(14)22-23-17;/h1-4,11-13,20H,5-10H2,(H,19,25)(H,21,24)(H,22,23);1H. The Morgan fingerprint density at radius 1 is 1.15 bits per heavy atom. The Labute approximate surface area is 158 Å². The number of para-hydroxylation sites is 1. The summed E-state index contributed by atoms with van der Waals surface area (Å²) in [6.07, 6.45) is 4.73. The molecule has 0 radical (unpaired) electrons. The SMILES string of the molecule is Cl.O=C(CCNC(=O)c1n[nH]c2ccccc12)NC1CC2CCC(C1)N2. The van der Waals surface area contributed by atoms with Gasteiger partial charge in [-0.3, -0.25) is 14.7 Å². The number of nitrogens with one attached hydrogen (secondary N) is 4. The Balaban J connectivity index is 0.00000196. The molecule has 26 heavy (non-hydrogen) atoms. The summed E-state index contributed by atoms with van der Waals surface area (Å²) in [7, 11) is 0. The van der Waals surface area contributed by atoms with Crippen LogP contribution in [0.3, 0.4) is 0 Å². The van der Waals surface area contributed by atoms with Crippen molar-refractivity contribution < 1.29 is 9.59 Å². The van der Waals surface area contributed by atoms with E-state index in [-0.39, 0.29) is 36.7 Å². The molecule has 2 atom stereocenters. The minimum atomic E-state index is -0.259. The summed E-state index contributed by atoms with van der Waals surface area (Å²) in [5.41, 5.74) is 1.19. The number of amides is 2. The van der Waals surface area contributed by atoms with E-state index in [1.807, 2.05) is 24.3 Å². The average Bonchev–Trinajstić information content (AvgIpc) is 3.18. The summed E-state index contributed by atoms with van der Waals surface area (Å²) in [6, 6.07) is 8.85. The second kappa shape index (κ2) is 8.05. The molecule has 2 aliphatic heterocycles. The van der Waals surface area contributed by atoms with E-state index >= 15 is 0 Å². The first kappa shape index (κ1) is 18.7. The lowest BCUT2D eigenvalue weighted by molar-refractivity contribution is -0.121. The Bertz CT molecular complexity index is 781. The number of halogens is 1. The highest BCUT2D eigenvalue weighted by Crippen LogP contribution is 2.26. The Morgan fingerprint density at radius 3 is 2.65 bits per heavy atom. The first-order chi connectivity index (χ1) is 12.2. The highest BCUT2D eigenvalue weighted by molar-refractivity contribution is 6.04. The molecular formula is C18H24ClN5O2. The predicted molar refractivity (Wildman–Crippen MR) is 101 cm³/mol. The minimum Gasteiger partial charge on any atom is -0.353 e. The Hall–Kier alpha value is -2.12. The number of rotatable bonds is 5. The molecule has 1 aromatic carbocycles. The number of hydrogen-bond acceptors (Lipinski definition) is 4. The van der Waals surface area contributed by atoms with Gasteiger partial charge in [-0.05, 0) is 31.7 Å². The van der Waals surface area contributed by atoms with Gasteiger partial charge in [0.15, 0.2) is 5.69 Å². The van der Waals surface area contributed by atoms with E-state index < -0.39 is 0 Å². The summed E-state index contributed by atoms with van der Waals surface area (Å²) in [6.45, 7) is 0.309. The second-order valence-electron chi connectivity index (χ2n) is 7.00. The second-order valence-corrected chi connectivity index (χ2v) is 7.00. The topological polar surface area (TPSA) is 98.9 Å². The van der Waals surface area contributed by atoms with Crippen LogP contribution in [-0.4, -0.2) is 46.7 Å². The van der Waals surface area contributed by atoms with Crippen LogP contribution in [0.4, 0.5) is 0 Å². The van der Waals surface area contributed by atoms with Crippen LogP contribution in [0.2, 0.25) is 0 Å². The van der Waals surface area contributed by atoms with Crippen molar-refractivity contribution in [3.63, 3.8) is 0 Å². The van der Waals surface area contributed by atoms with E-state index in [1.165, 1.54) is 12.8 Å². The van der Waals surface area contributed by atoms with Gasteiger partial charge in [-0.2, -0.15) is 5.10 Å². The fourth-order valence-corrected chi connectivity index (χ4v) is 3.98. The predicted octanol–water partition coefficient (Wildman–Crippen LogP) is 1.50. The molecule has 8 heteroatoms. The number of nitrogens with zero attached hydrogens (tertiary/aromatic N) is 1. The summed E-state index contributed by atoms with van der Waals surface area (Å²) in [5.74, 6) is -0.261. The van der Waals surface area contributed by atoms with Crippen molar-refractivity contribution in [1.82, 2.24) is 26.1 Å². The number of fused-ring (bicyclic) bond motifs is 3. The average molecular weight is 378 g/mol. The lowest BCUT2D eigenvalue weighted by atomic mass is 10.00. The summed E-state index contributed by atoms with van der Waals surface area (Å²) in [5, 5.41) is 17.1. The van der Waals surface area contributed by atoms with Gasteiger partial charge >= 0.3 is 0 Å². The number of hydrogen-bond donors (Lipinski definition) is 4. The van der Waals surface area contributed by atoms with Crippen LogP contribution in [0.5, 0.6) is 0 Å². The maximum absolute atomic E-state index is 12.3. The summed E-state index contributed by atoms with van der Waals surface area (Å²) >= 11 is 0. The van der Waals surface area contributed by atoms with Crippen molar-refractivity contribution >= 4 is 35.1 Å². The van der Waals surface area contributed by atoms with Gasteiger partial charge < -0.3 is 16.0 Å². The molecule has 3 heterocycles. The number of piperidine rings is 1. The molecule has 2 unspecified atom stereocenters. The van der Waals surface area contributed by atoms with Crippen molar-refractivity contribution in [1.29, 1.82) is 0 Å². The van der Waals surface area contributed by atoms with Gasteiger partial charge in [0.2, 0.25) is 5.91 Å². The van der Waals surface area contributed by atoms with E-state index in [2.05, 4.69) is 26.1 Å². The van der Waals surface area contributed by atoms with Gasteiger partial charge in [0.1, 0.15) is 0 Å². The molecule has 140 valence electrons. The maximum atomic E-state index is 12.3. The monoisotopic (exact) mass is 377 g/mol. The third-order valence-electron chi connectivity index (χ3n) is 5.16. The maximum Gasteiger partial charge on any atom is 0.272 e. The molecular weight excluding hydrogens is 354 g/mol. The van der Waals surface area contributed by atoms with Crippen LogP contribution in [0.1, 0.15) is 42.6 Å². The number of carbonyl (C=O) groups excluding carboxylic acids is 2. The zero-order valence-corrected chi connectivity index (χ0v) is 15.3. The summed E-state index contributed by atoms with van der Waals surface area (Å²) < 4.78 is 0. The smallest absolute Gasteiger partial charge is 0.272 e. The normalized spacial score (nSPS) is 24.1. The lowest BCUT2D eigenvalue weighted by Gasteiger charge is -2.29. The molecule has 2 amide bonds. The van der Waals surface area contributed by atoms with E-state index in [9.17, 15) is 9.59 Å². The molecule has 0 spiro atoms. The van der Waals surface area contributed by atoms with Gasteiger partial charge in [0, 0.05) is 36.5 Å². The van der Waals surface area contributed by atoms with Gasteiger partial charge in [-0.15, -0.1) is 12.4 Å². The van der Waals surface area contributed by atoms with Gasteiger partial charge in [-0.1, -0.05) is 18.2 Å². The van der Waals surface area contributed by atoms with Crippen molar-refractivity contribution in [2.45, 2.75) is 50.2 Å². The van der Waals surface area contributed by atoms with Crippen LogP contribution < -0.4 is 16.0 Å². The highest BCUT2D eigenvalue weighted by atomic mass is 35.5.